The van der Waals surface area contributed by atoms with Gasteiger partial charge in [0.2, 0.25) is 10.0 Å². The summed E-state index contributed by atoms with van der Waals surface area (Å²) in [4.78, 5) is 16.6. The molecule has 5 rings (SSSR count). The van der Waals surface area contributed by atoms with Gasteiger partial charge in [0.25, 0.3) is 0 Å². The van der Waals surface area contributed by atoms with Crippen LogP contribution in [0.4, 0.5) is 4.79 Å². The van der Waals surface area contributed by atoms with Crippen molar-refractivity contribution in [3.05, 3.63) is 65.4 Å². The van der Waals surface area contributed by atoms with E-state index in [1.807, 2.05) is 30.5 Å². The van der Waals surface area contributed by atoms with Crippen molar-refractivity contribution >= 4 is 27.0 Å². The molecule has 1 saturated heterocycles. The predicted octanol–water partition coefficient (Wildman–Crippen LogP) is 3.71. The summed E-state index contributed by atoms with van der Waals surface area (Å²) >= 11 is 0. The molecule has 37 heavy (non-hydrogen) atoms. The average molecular weight is 525 g/mol. The number of hydrogen-bond acceptors (Lipinski definition) is 5. The number of hydrogen-bond donors (Lipinski definition) is 1. The number of para-hydroxylation sites is 1. The fourth-order valence-corrected chi connectivity index (χ4v) is 7.21. The molecule has 0 spiro atoms. The fraction of sp³-hybridized carbons (Fsp3) is 0.464. The van der Waals surface area contributed by atoms with Crippen LogP contribution in [0.3, 0.4) is 0 Å². The number of benzene rings is 2. The van der Waals surface area contributed by atoms with Crippen molar-refractivity contribution in [3.63, 3.8) is 0 Å². The monoisotopic (exact) mass is 524 g/mol. The molecule has 2 aliphatic rings. The van der Waals surface area contributed by atoms with Crippen LogP contribution in [0.25, 0.3) is 11.0 Å². The Hall–Kier alpha value is -2.88. The predicted molar refractivity (Wildman–Crippen MR) is 144 cm³/mol. The van der Waals surface area contributed by atoms with Crippen molar-refractivity contribution in [1.29, 1.82) is 0 Å². The summed E-state index contributed by atoms with van der Waals surface area (Å²) in [6.45, 7) is 4.39. The number of furan rings is 1. The Labute approximate surface area is 219 Å². The van der Waals surface area contributed by atoms with Gasteiger partial charge in [-0.15, -0.1) is 0 Å². The second kappa shape index (κ2) is 10.8. The Morgan fingerprint density at radius 2 is 1.89 bits per heavy atom. The van der Waals surface area contributed by atoms with Crippen LogP contribution < -0.4 is 5.32 Å². The molecule has 0 saturated carbocycles. The van der Waals surface area contributed by atoms with Crippen LogP contribution in [0.2, 0.25) is 0 Å². The average Bonchev–Trinajstić information content (AvgIpc) is 3.34. The van der Waals surface area contributed by atoms with Crippen LogP contribution >= 0.6 is 0 Å². The summed E-state index contributed by atoms with van der Waals surface area (Å²) in [7, 11) is -0.297. The number of piperidine rings is 1. The van der Waals surface area contributed by atoms with E-state index >= 15 is 0 Å². The summed E-state index contributed by atoms with van der Waals surface area (Å²) in [6.07, 6.45) is 5.33. The van der Waals surface area contributed by atoms with E-state index in [4.69, 9.17) is 4.42 Å². The Balaban J connectivity index is 1.16. The van der Waals surface area contributed by atoms with Crippen molar-refractivity contribution in [1.82, 2.24) is 19.4 Å². The molecule has 0 radical (unpaired) electrons. The van der Waals surface area contributed by atoms with Gasteiger partial charge in [-0.25, -0.2) is 17.5 Å². The molecule has 198 valence electrons. The normalized spacial score (nSPS) is 17.3. The van der Waals surface area contributed by atoms with E-state index in [0.717, 1.165) is 55.6 Å². The van der Waals surface area contributed by atoms with E-state index in [2.05, 4.69) is 16.3 Å². The maximum absolute atomic E-state index is 13.6. The highest BCUT2D eigenvalue weighted by molar-refractivity contribution is 7.89. The van der Waals surface area contributed by atoms with Gasteiger partial charge in [0, 0.05) is 45.7 Å². The molecular formula is C28H36N4O4S. The molecule has 0 atom stereocenters. The molecule has 0 aliphatic carbocycles. The van der Waals surface area contributed by atoms with Crippen molar-refractivity contribution in [2.75, 3.05) is 46.8 Å². The molecule has 9 heteroatoms. The molecule has 3 heterocycles. The Morgan fingerprint density at radius 1 is 1.11 bits per heavy atom. The minimum absolute atomic E-state index is 0.138. The van der Waals surface area contributed by atoms with Crippen LogP contribution in [0.1, 0.15) is 29.5 Å². The Bertz CT molecular complexity index is 1360. The van der Waals surface area contributed by atoms with Crippen molar-refractivity contribution in [2.24, 2.45) is 5.92 Å². The lowest BCUT2D eigenvalue weighted by atomic mass is 9.96. The molecule has 2 aromatic carbocycles. The first-order chi connectivity index (χ1) is 17.9. The first kappa shape index (κ1) is 25.8. The largest absolute Gasteiger partial charge is 0.464 e. The molecule has 1 fully saturated rings. The SMILES string of the molecule is CNC(=O)N1CCc2c(cccc2S(=O)(=O)N(C)CC2CCN(CCc3coc4ccccc34)CC2)C1. The molecule has 1 aromatic heterocycles. The highest BCUT2D eigenvalue weighted by Crippen LogP contribution is 2.29. The molecule has 0 bridgehead atoms. The quantitative estimate of drug-likeness (QED) is 0.509. The summed E-state index contributed by atoms with van der Waals surface area (Å²) in [5, 5.41) is 3.84. The van der Waals surface area contributed by atoms with Crippen LogP contribution in [0.15, 0.2) is 58.0 Å². The van der Waals surface area contributed by atoms with Crippen molar-refractivity contribution in [3.8, 4) is 0 Å². The summed E-state index contributed by atoms with van der Waals surface area (Å²) in [5.74, 6) is 0.342. The third kappa shape index (κ3) is 5.39. The molecule has 2 amide bonds. The number of likely N-dealkylation sites (tertiary alicyclic amines) is 1. The fourth-order valence-electron chi connectivity index (χ4n) is 5.67. The summed E-state index contributed by atoms with van der Waals surface area (Å²) < 4.78 is 34.3. The summed E-state index contributed by atoms with van der Waals surface area (Å²) in [6, 6.07) is 13.4. The lowest BCUT2D eigenvalue weighted by molar-refractivity contribution is 0.174. The summed E-state index contributed by atoms with van der Waals surface area (Å²) in [5.41, 5.74) is 3.93. The number of amides is 2. The van der Waals surface area contributed by atoms with Crippen LogP contribution in [-0.2, 0) is 29.4 Å². The van der Waals surface area contributed by atoms with Gasteiger partial charge in [0.15, 0.2) is 0 Å². The number of carbonyl (C=O) groups excluding carboxylic acids is 1. The Kier molecular flexibility index (Phi) is 7.55. The Morgan fingerprint density at radius 3 is 2.68 bits per heavy atom. The van der Waals surface area contributed by atoms with Crippen LogP contribution in [-0.4, -0.2) is 75.4 Å². The minimum atomic E-state index is -3.61. The highest BCUT2D eigenvalue weighted by Gasteiger charge is 2.31. The number of sulfonamides is 1. The number of urea groups is 1. The standard InChI is InChI=1S/C28H36N4O4S/c1-29-28(33)32-17-13-25-22(19-32)6-5-9-27(25)37(34,35)30(2)18-21-10-14-31(15-11-21)16-12-23-20-36-26-8-4-3-7-24(23)26/h3-9,20-21H,10-19H2,1-2H3,(H,29,33). The molecule has 3 aromatic rings. The van der Waals surface area contributed by atoms with Crippen LogP contribution in [0.5, 0.6) is 0 Å². The van der Waals surface area contributed by atoms with E-state index in [0.29, 0.717) is 36.9 Å². The van der Waals surface area contributed by atoms with E-state index in [-0.39, 0.29) is 6.03 Å². The van der Waals surface area contributed by atoms with Gasteiger partial charge in [-0.3, -0.25) is 0 Å². The van der Waals surface area contributed by atoms with E-state index in [1.54, 1.807) is 31.1 Å². The molecule has 8 nitrogen and oxygen atoms in total. The molecule has 1 N–H and O–H groups in total. The van der Waals surface area contributed by atoms with Gasteiger partial charge in [0.1, 0.15) is 5.58 Å². The zero-order valence-electron chi connectivity index (χ0n) is 21.7. The number of nitrogens with one attached hydrogen (secondary N) is 1. The third-order valence-corrected chi connectivity index (χ3v) is 9.80. The van der Waals surface area contributed by atoms with E-state index < -0.39 is 10.0 Å². The van der Waals surface area contributed by atoms with Gasteiger partial charge in [-0.05, 0) is 73.5 Å². The lowest BCUT2D eigenvalue weighted by Crippen LogP contribution is -2.42. The van der Waals surface area contributed by atoms with Gasteiger partial charge in [-0.2, -0.15) is 0 Å². The van der Waals surface area contributed by atoms with Gasteiger partial charge < -0.3 is 19.5 Å². The highest BCUT2D eigenvalue weighted by atomic mass is 32.2. The van der Waals surface area contributed by atoms with E-state index in [9.17, 15) is 13.2 Å². The minimum Gasteiger partial charge on any atom is -0.464 e. The topological polar surface area (TPSA) is 86.1 Å². The second-order valence-electron chi connectivity index (χ2n) is 10.2. The maximum Gasteiger partial charge on any atom is 0.317 e. The number of nitrogens with zero attached hydrogens (tertiary/aromatic N) is 3. The van der Waals surface area contributed by atoms with Crippen LogP contribution in [0, 0.1) is 5.92 Å². The number of carbonyl (C=O) groups is 1. The lowest BCUT2D eigenvalue weighted by Gasteiger charge is -2.34. The number of rotatable bonds is 7. The molecule has 2 aliphatic heterocycles. The first-order valence-corrected chi connectivity index (χ1v) is 14.5. The van der Waals surface area contributed by atoms with Crippen molar-refractivity contribution < 1.29 is 17.6 Å². The van der Waals surface area contributed by atoms with Gasteiger partial charge >= 0.3 is 6.03 Å². The second-order valence-corrected chi connectivity index (χ2v) is 12.2. The third-order valence-electron chi connectivity index (χ3n) is 7.89. The van der Waals surface area contributed by atoms with Crippen molar-refractivity contribution in [2.45, 2.75) is 37.1 Å². The maximum atomic E-state index is 13.6. The smallest absolute Gasteiger partial charge is 0.317 e. The zero-order chi connectivity index (χ0) is 26.0. The first-order valence-electron chi connectivity index (χ1n) is 13.1. The van der Waals surface area contributed by atoms with Gasteiger partial charge in [-0.1, -0.05) is 30.3 Å². The zero-order valence-corrected chi connectivity index (χ0v) is 22.5. The van der Waals surface area contributed by atoms with E-state index in [1.165, 1.54) is 15.3 Å². The van der Waals surface area contributed by atoms with Gasteiger partial charge in [0.05, 0.1) is 11.2 Å². The molecule has 0 unspecified atom stereocenters. The number of fused-ring (bicyclic) bond motifs is 2. The molecular weight excluding hydrogens is 488 g/mol.